The summed E-state index contributed by atoms with van der Waals surface area (Å²) in [7, 11) is 3.49. The standard InChI is InChI=1S/C16H18N2O2/c1-10-4-5-11-14(8-10)17-13-6-7-18(2)9-12(13)15(11)16(19)20-3/h4-5,8H,6-7,9H2,1-3H3. The van der Waals surface area contributed by atoms with Crippen LogP contribution in [-0.2, 0) is 17.7 Å². The van der Waals surface area contributed by atoms with Gasteiger partial charge in [0.25, 0.3) is 0 Å². The Morgan fingerprint density at radius 2 is 2.20 bits per heavy atom. The lowest BCUT2D eigenvalue weighted by molar-refractivity contribution is 0.0600. The third kappa shape index (κ3) is 2.06. The lowest BCUT2D eigenvalue weighted by Gasteiger charge is -2.26. The van der Waals surface area contributed by atoms with E-state index in [0.29, 0.717) is 5.56 Å². The summed E-state index contributed by atoms with van der Waals surface area (Å²) in [5.74, 6) is -0.271. The van der Waals surface area contributed by atoms with Gasteiger partial charge >= 0.3 is 5.97 Å². The number of hydrogen-bond acceptors (Lipinski definition) is 4. The molecule has 1 aliphatic heterocycles. The van der Waals surface area contributed by atoms with Gasteiger partial charge in [-0.15, -0.1) is 0 Å². The summed E-state index contributed by atoms with van der Waals surface area (Å²) in [5, 5.41) is 0.886. The number of carbonyl (C=O) groups is 1. The van der Waals surface area contributed by atoms with Crippen molar-refractivity contribution in [3.63, 3.8) is 0 Å². The zero-order valence-corrected chi connectivity index (χ0v) is 12.1. The highest BCUT2D eigenvalue weighted by Gasteiger charge is 2.24. The summed E-state index contributed by atoms with van der Waals surface area (Å²) in [6, 6.07) is 6.01. The van der Waals surface area contributed by atoms with Gasteiger partial charge in [0.05, 0.1) is 18.2 Å². The number of hydrogen-bond donors (Lipinski definition) is 0. The fourth-order valence-electron chi connectivity index (χ4n) is 2.82. The van der Waals surface area contributed by atoms with Crippen molar-refractivity contribution in [2.24, 2.45) is 0 Å². The molecule has 1 aromatic heterocycles. The second kappa shape index (κ2) is 4.87. The van der Waals surface area contributed by atoms with E-state index >= 15 is 0 Å². The molecule has 0 N–H and O–H groups in total. The first kappa shape index (κ1) is 13.1. The molecule has 4 nitrogen and oxygen atoms in total. The number of pyridine rings is 1. The fraction of sp³-hybridized carbons (Fsp3) is 0.375. The summed E-state index contributed by atoms with van der Waals surface area (Å²) in [5.41, 5.74) is 4.75. The molecule has 0 fully saturated rings. The fourth-order valence-corrected chi connectivity index (χ4v) is 2.82. The molecule has 104 valence electrons. The second-order valence-electron chi connectivity index (χ2n) is 5.41. The highest BCUT2D eigenvalue weighted by atomic mass is 16.5. The molecule has 4 heteroatoms. The number of esters is 1. The van der Waals surface area contributed by atoms with Crippen LogP contribution in [0.5, 0.6) is 0 Å². The Hall–Kier alpha value is -1.94. The van der Waals surface area contributed by atoms with Gasteiger partial charge in [0.2, 0.25) is 0 Å². The van der Waals surface area contributed by atoms with Crippen LogP contribution < -0.4 is 0 Å². The van der Waals surface area contributed by atoms with Crippen molar-refractivity contribution in [3.05, 3.63) is 40.6 Å². The van der Waals surface area contributed by atoms with Crippen LogP contribution in [0.4, 0.5) is 0 Å². The van der Waals surface area contributed by atoms with Gasteiger partial charge < -0.3 is 9.64 Å². The van der Waals surface area contributed by atoms with Crippen molar-refractivity contribution in [2.45, 2.75) is 19.9 Å². The van der Waals surface area contributed by atoms with Gasteiger partial charge in [-0.05, 0) is 25.6 Å². The molecule has 0 saturated carbocycles. The molecule has 0 radical (unpaired) electrons. The predicted octanol–water partition coefficient (Wildman–Crippen LogP) is 2.32. The van der Waals surface area contributed by atoms with Crippen LogP contribution in [0, 0.1) is 6.92 Å². The molecule has 0 spiro atoms. The van der Waals surface area contributed by atoms with E-state index in [2.05, 4.69) is 11.9 Å². The minimum absolute atomic E-state index is 0.271. The van der Waals surface area contributed by atoms with Gasteiger partial charge in [-0.1, -0.05) is 12.1 Å². The van der Waals surface area contributed by atoms with Crippen molar-refractivity contribution in [3.8, 4) is 0 Å². The zero-order valence-electron chi connectivity index (χ0n) is 12.1. The van der Waals surface area contributed by atoms with Crippen molar-refractivity contribution < 1.29 is 9.53 Å². The highest BCUT2D eigenvalue weighted by molar-refractivity contribution is 6.05. The normalized spacial score (nSPS) is 15.2. The molecule has 0 atom stereocenters. The quantitative estimate of drug-likeness (QED) is 0.746. The summed E-state index contributed by atoms with van der Waals surface area (Å²) < 4.78 is 4.99. The lowest BCUT2D eigenvalue weighted by Crippen LogP contribution is -2.29. The molecule has 0 unspecified atom stereocenters. The van der Waals surface area contributed by atoms with Crippen LogP contribution in [0.3, 0.4) is 0 Å². The lowest BCUT2D eigenvalue weighted by atomic mass is 9.95. The Labute approximate surface area is 118 Å². The number of aromatic nitrogens is 1. The Bertz CT molecular complexity index is 694. The summed E-state index contributed by atoms with van der Waals surface area (Å²) in [6.07, 6.45) is 0.875. The topological polar surface area (TPSA) is 42.4 Å². The average molecular weight is 270 g/mol. The molecule has 1 aliphatic rings. The zero-order chi connectivity index (χ0) is 14.3. The predicted molar refractivity (Wildman–Crippen MR) is 77.9 cm³/mol. The summed E-state index contributed by atoms with van der Waals surface area (Å²) in [6.45, 7) is 3.75. The van der Waals surface area contributed by atoms with E-state index in [1.165, 1.54) is 7.11 Å². The van der Waals surface area contributed by atoms with Crippen molar-refractivity contribution in [1.29, 1.82) is 0 Å². The number of ether oxygens (including phenoxy) is 1. The number of benzene rings is 1. The Morgan fingerprint density at radius 3 is 2.95 bits per heavy atom. The highest BCUT2D eigenvalue weighted by Crippen LogP contribution is 2.28. The SMILES string of the molecule is COC(=O)c1c2c(nc3cc(C)ccc13)CCN(C)C2. The number of likely N-dealkylation sites (N-methyl/N-ethyl adjacent to an activating group) is 1. The van der Waals surface area contributed by atoms with E-state index in [1.54, 1.807) is 0 Å². The molecular weight excluding hydrogens is 252 g/mol. The number of fused-ring (bicyclic) bond motifs is 2. The van der Waals surface area contributed by atoms with Gasteiger partial charge in [-0.2, -0.15) is 0 Å². The largest absolute Gasteiger partial charge is 0.465 e. The molecule has 20 heavy (non-hydrogen) atoms. The number of nitrogens with zero attached hydrogens (tertiary/aromatic N) is 2. The average Bonchev–Trinajstić information content (AvgIpc) is 2.44. The summed E-state index contributed by atoms with van der Waals surface area (Å²) >= 11 is 0. The first-order valence-electron chi connectivity index (χ1n) is 6.79. The molecule has 3 rings (SSSR count). The monoisotopic (exact) mass is 270 g/mol. The molecule has 1 aromatic carbocycles. The van der Waals surface area contributed by atoms with Crippen molar-refractivity contribution >= 4 is 16.9 Å². The minimum Gasteiger partial charge on any atom is -0.465 e. The minimum atomic E-state index is -0.271. The maximum Gasteiger partial charge on any atom is 0.338 e. The Balaban J connectivity index is 2.34. The molecule has 0 aliphatic carbocycles. The van der Waals surface area contributed by atoms with Gasteiger partial charge in [0, 0.05) is 36.2 Å². The van der Waals surface area contributed by atoms with Crippen LogP contribution in [0.2, 0.25) is 0 Å². The number of carbonyl (C=O) groups excluding carboxylic acids is 1. The van der Waals surface area contributed by atoms with Gasteiger partial charge in [0.15, 0.2) is 0 Å². The van der Waals surface area contributed by atoms with Gasteiger partial charge in [-0.3, -0.25) is 4.98 Å². The van der Waals surface area contributed by atoms with Crippen LogP contribution in [0.15, 0.2) is 18.2 Å². The second-order valence-corrected chi connectivity index (χ2v) is 5.41. The molecule has 0 amide bonds. The molecule has 2 heterocycles. The molecule has 0 saturated heterocycles. The van der Waals surface area contributed by atoms with Crippen LogP contribution in [0.25, 0.3) is 10.9 Å². The Morgan fingerprint density at radius 1 is 1.40 bits per heavy atom. The maximum absolute atomic E-state index is 12.2. The Kier molecular flexibility index (Phi) is 3.18. The number of methoxy groups -OCH3 is 1. The van der Waals surface area contributed by atoms with E-state index in [-0.39, 0.29) is 5.97 Å². The number of rotatable bonds is 1. The van der Waals surface area contributed by atoms with E-state index in [1.807, 2.05) is 25.1 Å². The van der Waals surface area contributed by atoms with E-state index in [4.69, 9.17) is 9.72 Å². The van der Waals surface area contributed by atoms with Crippen LogP contribution >= 0.6 is 0 Å². The third-order valence-corrected chi connectivity index (χ3v) is 3.88. The first-order chi connectivity index (χ1) is 9.60. The van der Waals surface area contributed by atoms with Gasteiger partial charge in [0.1, 0.15) is 0 Å². The van der Waals surface area contributed by atoms with Gasteiger partial charge in [-0.25, -0.2) is 4.79 Å². The molecular formula is C16H18N2O2. The van der Waals surface area contributed by atoms with Crippen LogP contribution in [-0.4, -0.2) is 36.6 Å². The van der Waals surface area contributed by atoms with Crippen LogP contribution in [0.1, 0.15) is 27.2 Å². The van der Waals surface area contributed by atoms with E-state index < -0.39 is 0 Å². The van der Waals surface area contributed by atoms with Crippen molar-refractivity contribution in [1.82, 2.24) is 9.88 Å². The molecule has 0 bridgehead atoms. The maximum atomic E-state index is 12.2. The first-order valence-corrected chi connectivity index (χ1v) is 6.79. The summed E-state index contributed by atoms with van der Waals surface area (Å²) in [4.78, 5) is 19.2. The molecule has 2 aromatic rings. The van der Waals surface area contributed by atoms with E-state index in [0.717, 1.165) is 47.2 Å². The third-order valence-electron chi connectivity index (χ3n) is 3.88. The number of aryl methyl sites for hydroxylation is 1. The van der Waals surface area contributed by atoms with E-state index in [9.17, 15) is 4.79 Å². The smallest absolute Gasteiger partial charge is 0.338 e. The van der Waals surface area contributed by atoms with Crippen molar-refractivity contribution in [2.75, 3.05) is 20.7 Å².